The minimum atomic E-state index is -0.362. The molecule has 0 spiro atoms. The third kappa shape index (κ3) is 2.27. The molecule has 0 aromatic heterocycles. The molecule has 1 unspecified atom stereocenters. The van der Waals surface area contributed by atoms with E-state index in [1.807, 2.05) is 0 Å². The van der Waals surface area contributed by atoms with Crippen molar-refractivity contribution in [1.82, 2.24) is 0 Å². The van der Waals surface area contributed by atoms with E-state index in [-0.39, 0.29) is 12.2 Å². The first-order valence-corrected chi connectivity index (χ1v) is 8.18. The number of aliphatic hydroxyl groups is 2. The number of hydrogen-bond acceptors (Lipinski definition) is 2. The van der Waals surface area contributed by atoms with Crippen LogP contribution in [0.15, 0.2) is 23.3 Å². The predicted molar refractivity (Wildman–Crippen MR) is 81.3 cm³/mol. The zero-order chi connectivity index (χ0) is 14.4. The summed E-state index contributed by atoms with van der Waals surface area (Å²) in [6.07, 6.45) is 12.4. The highest BCUT2D eigenvalue weighted by Gasteiger charge is 2.55. The van der Waals surface area contributed by atoms with Gasteiger partial charge in [-0.3, -0.25) is 0 Å². The molecule has 3 fully saturated rings. The Morgan fingerprint density at radius 2 is 1.70 bits per heavy atom. The Kier molecular flexibility index (Phi) is 3.58. The summed E-state index contributed by atoms with van der Waals surface area (Å²) in [6.45, 7) is 4.88. The Bertz CT molecular complexity index is 438. The van der Waals surface area contributed by atoms with Crippen LogP contribution in [0, 0.1) is 10.8 Å². The van der Waals surface area contributed by atoms with E-state index < -0.39 is 0 Å². The van der Waals surface area contributed by atoms with Crippen molar-refractivity contribution in [3.05, 3.63) is 23.3 Å². The highest BCUT2D eigenvalue weighted by Crippen LogP contribution is 2.66. The van der Waals surface area contributed by atoms with Gasteiger partial charge < -0.3 is 10.2 Å². The lowest BCUT2D eigenvalue weighted by Crippen LogP contribution is -2.50. The van der Waals surface area contributed by atoms with Gasteiger partial charge in [0.05, 0.1) is 12.2 Å². The maximum Gasteiger partial charge on any atom is 0.0602 e. The molecule has 0 saturated heterocycles. The SMILES string of the molecule is CC12CC[C@@]1(C)CCC/C2=C\C=C1C[C@@H](O)C[C@H](O)C1. The molecule has 0 aromatic rings. The van der Waals surface area contributed by atoms with Crippen LogP contribution >= 0.6 is 0 Å². The zero-order valence-corrected chi connectivity index (χ0v) is 12.9. The number of allylic oxidation sites excluding steroid dienone is 3. The first-order valence-electron chi connectivity index (χ1n) is 8.18. The monoisotopic (exact) mass is 276 g/mol. The molecule has 4 atom stereocenters. The van der Waals surface area contributed by atoms with Crippen LogP contribution in [0.4, 0.5) is 0 Å². The minimum Gasteiger partial charge on any atom is -0.393 e. The van der Waals surface area contributed by atoms with Crippen LogP contribution in [0.5, 0.6) is 0 Å². The van der Waals surface area contributed by atoms with Gasteiger partial charge in [0.2, 0.25) is 0 Å². The molecule has 0 heterocycles. The molecule has 112 valence electrons. The molecular formula is C18H28O2. The molecule has 2 nitrogen and oxygen atoms in total. The van der Waals surface area contributed by atoms with Gasteiger partial charge in [0, 0.05) is 0 Å². The third-order valence-corrected chi connectivity index (χ3v) is 6.45. The molecule has 0 aliphatic heterocycles. The first kappa shape index (κ1) is 14.3. The van der Waals surface area contributed by atoms with Crippen molar-refractivity contribution in [2.45, 2.75) is 77.4 Å². The lowest BCUT2D eigenvalue weighted by atomic mass is 9.44. The van der Waals surface area contributed by atoms with E-state index in [4.69, 9.17) is 0 Å². The van der Waals surface area contributed by atoms with Crippen molar-refractivity contribution in [3.8, 4) is 0 Å². The van der Waals surface area contributed by atoms with Gasteiger partial charge in [-0.2, -0.15) is 0 Å². The maximum absolute atomic E-state index is 9.76. The summed E-state index contributed by atoms with van der Waals surface area (Å²) in [6, 6.07) is 0. The Labute approximate surface area is 122 Å². The summed E-state index contributed by atoms with van der Waals surface area (Å²) < 4.78 is 0. The van der Waals surface area contributed by atoms with Gasteiger partial charge in [0.15, 0.2) is 0 Å². The highest BCUT2D eigenvalue weighted by molar-refractivity contribution is 5.30. The van der Waals surface area contributed by atoms with Gasteiger partial charge >= 0.3 is 0 Å². The summed E-state index contributed by atoms with van der Waals surface area (Å²) in [5, 5.41) is 19.5. The molecule has 0 amide bonds. The molecule has 0 radical (unpaired) electrons. The number of aliphatic hydroxyl groups excluding tert-OH is 2. The Morgan fingerprint density at radius 3 is 2.30 bits per heavy atom. The van der Waals surface area contributed by atoms with Crippen LogP contribution in [0.1, 0.15) is 65.2 Å². The second-order valence-electron chi connectivity index (χ2n) is 7.71. The summed E-state index contributed by atoms with van der Waals surface area (Å²) in [7, 11) is 0. The maximum atomic E-state index is 9.76. The molecule has 2 heteroatoms. The van der Waals surface area contributed by atoms with Crippen LogP contribution in [0.3, 0.4) is 0 Å². The van der Waals surface area contributed by atoms with Crippen LogP contribution in [-0.2, 0) is 0 Å². The van der Waals surface area contributed by atoms with E-state index in [1.54, 1.807) is 5.57 Å². The van der Waals surface area contributed by atoms with E-state index >= 15 is 0 Å². The number of rotatable bonds is 1. The highest BCUT2D eigenvalue weighted by atomic mass is 16.3. The van der Waals surface area contributed by atoms with E-state index in [2.05, 4.69) is 26.0 Å². The molecule has 2 N–H and O–H groups in total. The Morgan fingerprint density at radius 1 is 1.00 bits per heavy atom. The second-order valence-corrected chi connectivity index (χ2v) is 7.71. The van der Waals surface area contributed by atoms with Gasteiger partial charge in [0.1, 0.15) is 0 Å². The predicted octanol–water partition coefficient (Wildman–Crippen LogP) is 3.74. The van der Waals surface area contributed by atoms with Crippen molar-refractivity contribution >= 4 is 0 Å². The molecule has 20 heavy (non-hydrogen) atoms. The quantitative estimate of drug-likeness (QED) is 0.766. The molecule has 3 aliphatic carbocycles. The summed E-state index contributed by atoms with van der Waals surface area (Å²) in [5.74, 6) is 0. The second kappa shape index (κ2) is 4.99. The molecule has 0 aromatic carbocycles. The smallest absolute Gasteiger partial charge is 0.0602 e. The average Bonchev–Trinajstić information content (AvgIpc) is 2.37. The fraction of sp³-hybridized carbons (Fsp3) is 0.778. The van der Waals surface area contributed by atoms with Gasteiger partial charge in [0.25, 0.3) is 0 Å². The van der Waals surface area contributed by atoms with E-state index in [1.165, 1.54) is 37.7 Å². The fourth-order valence-electron chi connectivity index (χ4n) is 4.61. The molecule has 3 saturated carbocycles. The van der Waals surface area contributed by atoms with Crippen molar-refractivity contribution in [1.29, 1.82) is 0 Å². The summed E-state index contributed by atoms with van der Waals surface area (Å²) >= 11 is 0. The lowest BCUT2D eigenvalue weighted by Gasteiger charge is -2.61. The van der Waals surface area contributed by atoms with Crippen molar-refractivity contribution in [2.24, 2.45) is 10.8 Å². The van der Waals surface area contributed by atoms with E-state index in [9.17, 15) is 10.2 Å². The topological polar surface area (TPSA) is 40.5 Å². The lowest BCUT2D eigenvalue weighted by molar-refractivity contribution is -0.0459. The van der Waals surface area contributed by atoms with E-state index in [0.717, 1.165) is 12.8 Å². The van der Waals surface area contributed by atoms with Crippen LogP contribution in [-0.4, -0.2) is 22.4 Å². The van der Waals surface area contributed by atoms with Crippen molar-refractivity contribution in [2.75, 3.05) is 0 Å². The number of fused-ring (bicyclic) bond motifs is 1. The van der Waals surface area contributed by atoms with Crippen LogP contribution in [0.25, 0.3) is 0 Å². The molecule has 0 bridgehead atoms. The normalized spacial score (nSPS) is 46.8. The van der Waals surface area contributed by atoms with Gasteiger partial charge in [-0.15, -0.1) is 0 Å². The van der Waals surface area contributed by atoms with Crippen molar-refractivity contribution in [3.63, 3.8) is 0 Å². The van der Waals surface area contributed by atoms with Crippen LogP contribution < -0.4 is 0 Å². The molecule has 3 rings (SSSR count). The Balaban J connectivity index is 1.78. The number of hydrogen-bond donors (Lipinski definition) is 2. The van der Waals surface area contributed by atoms with Gasteiger partial charge in [-0.25, -0.2) is 0 Å². The largest absolute Gasteiger partial charge is 0.393 e. The van der Waals surface area contributed by atoms with Gasteiger partial charge in [-0.1, -0.05) is 37.1 Å². The minimum absolute atomic E-state index is 0.362. The van der Waals surface area contributed by atoms with E-state index in [0.29, 0.717) is 17.3 Å². The molecular weight excluding hydrogens is 248 g/mol. The van der Waals surface area contributed by atoms with Crippen molar-refractivity contribution < 1.29 is 10.2 Å². The fourth-order valence-corrected chi connectivity index (χ4v) is 4.61. The average molecular weight is 276 g/mol. The third-order valence-electron chi connectivity index (χ3n) is 6.45. The summed E-state index contributed by atoms with van der Waals surface area (Å²) in [5.41, 5.74) is 3.72. The molecule has 3 aliphatic rings. The first-order chi connectivity index (χ1) is 9.43. The Hall–Kier alpha value is -0.600. The van der Waals surface area contributed by atoms with Crippen LogP contribution in [0.2, 0.25) is 0 Å². The standard InChI is InChI=1S/C18H28O2/c1-17-7-3-4-14(18(17,2)9-8-17)6-5-13-10-15(19)12-16(20)11-13/h5-6,15-16,19-20H,3-4,7-12H2,1-2H3/b14-6+/t15-,16-,17-,18?/m1/s1. The summed E-state index contributed by atoms with van der Waals surface area (Å²) in [4.78, 5) is 0. The van der Waals surface area contributed by atoms with Gasteiger partial charge in [-0.05, 0) is 62.2 Å². The zero-order valence-electron chi connectivity index (χ0n) is 12.9.